The predicted molar refractivity (Wildman–Crippen MR) is 70.4 cm³/mol. The molecule has 3 rings (SSSR count). The highest BCUT2D eigenvalue weighted by atomic mass is 16.8. The zero-order chi connectivity index (χ0) is 13.1. The maximum absolute atomic E-state index is 5.59. The average molecular weight is 264 g/mol. The maximum atomic E-state index is 5.59. The van der Waals surface area contributed by atoms with E-state index < -0.39 is 0 Å². The first kappa shape index (κ1) is 12.8. The first-order chi connectivity index (χ1) is 9.31. The Kier molecular flexibility index (Phi) is 3.89. The highest BCUT2D eigenvalue weighted by Crippen LogP contribution is 2.29. The number of ether oxygens (including phenoxy) is 4. The third kappa shape index (κ3) is 4.11. The molecule has 0 N–H and O–H groups in total. The van der Waals surface area contributed by atoms with Crippen molar-refractivity contribution < 1.29 is 18.9 Å². The minimum Gasteiger partial charge on any atom is -0.491 e. The lowest BCUT2D eigenvalue weighted by Crippen LogP contribution is -2.08. The molecule has 0 bridgehead atoms. The van der Waals surface area contributed by atoms with Crippen LogP contribution in [0.3, 0.4) is 0 Å². The summed E-state index contributed by atoms with van der Waals surface area (Å²) in [5, 5.41) is 0. The summed E-state index contributed by atoms with van der Waals surface area (Å²) in [5.74, 6) is 2.46. The van der Waals surface area contributed by atoms with E-state index in [0.29, 0.717) is 13.2 Å². The fourth-order valence-electron chi connectivity index (χ4n) is 1.79. The second kappa shape index (κ2) is 5.80. The van der Waals surface area contributed by atoms with E-state index in [1.807, 2.05) is 31.2 Å². The molecule has 1 aliphatic heterocycles. The molecule has 0 amide bonds. The van der Waals surface area contributed by atoms with Crippen molar-refractivity contribution in [1.29, 1.82) is 0 Å². The SMILES string of the molecule is CC1OC1Oc1ccc(OCCOCC2CC2)cc1. The van der Waals surface area contributed by atoms with Gasteiger partial charge in [0.25, 0.3) is 0 Å². The highest BCUT2D eigenvalue weighted by Gasteiger charge is 2.36. The van der Waals surface area contributed by atoms with Crippen LogP contribution in [0.25, 0.3) is 0 Å². The van der Waals surface area contributed by atoms with Crippen molar-refractivity contribution in [3.8, 4) is 11.5 Å². The average Bonchev–Trinajstić information content (AvgIpc) is 3.32. The number of hydrogen-bond donors (Lipinski definition) is 0. The lowest BCUT2D eigenvalue weighted by Gasteiger charge is -2.08. The molecule has 2 unspecified atom stereocenters. The molecule has 2 fully saturated rings. The third-order valence-corrected chi connectivity index (χ3v) is 3.28. The summed E-state index contributed by atoms with van der Waals surface area (Å²) in [6, 6.07) is 7.61. The first-order valence-corrected chi connectivity index (χ1v) is 6.94. The summed E-state index contributed by atoms with van der Waals surface area (Å²) in [7, 11) is 0. The van der Waals surface area contributed by atoms with Gasteiger partial charge in [-0.05, 0) is 49.9 Å². The Morgan fingerprint density at radius 1 is 1.11 bits per heavy atom. The lowest BCUT2D eigenvalue weighted by atomic mass is 10.3. The van der Waals surface area contributed by atoms with E-state index in [2.05, 4.69) is 0 Å². The molecule has 0 radical (unpaired) electrons. The van der Waals surface area contributed by atoms with Crippen molar-refractivity contribution >= 4 is 0 Å². The summed E-state index contributed by atoms with van der Waals surface area (Å²) in [4.78, 5) is 0. The molecule has 19 heavy (non-hydrogen) atoms. The lowest BCUT2D eigenvalue weighted by molar-refractivity contribution is 0.0927. The maximum Gasteiger partial charge on any atom is 0.226 e. The van der Waals surface area contributed by atoms with E-state index in [1.54, 1.807) is 0 Å². The zero-order valence-corrected chi connectivity index (χ0v) is 11.2. The van der Waals surface area contributed by atoms with E-state index in [4.69, 9.17) is 18.9 Å². The molecule has 0 aromatic heterocycles. The van der Waals surface area contributed by atoms with Gasteiger partial charge in [0.2, 0.25) is 6.29 Å². The summed E-state index contributed by atoms with van der Waals surface area (Å²) in [5.41, 5.74) is 0. The number of hydrogen-bond acceptors (Lipinski definition) is 4. The van der Waals surface area contributed by atoms with Gasteiger partial charge in [-0.15, -0.1) is 0 Å². The third-order valence-electron chi connectivity index (χ3n) is 3.28. The predicted octanol–water partition coefficient (Wildman–Crippen LogP) is 2.62. The molecule has 1 saturated carbocycles. The quantitative estimate of drug-likeness (QED) is 0.534. The van der Waals surface area contributed by atoms with Crippen LogP contribution in [0.4, 0.5) is 0 Å². The van der Waals surface area contributed by atoms with Crippen LogP contribution in [0, 0.1) is 5.92 Å². The molecule has 2 atom stereocenters. The van der Waals surface area contributed by atoms with Crippen LogP contribution in [0.1, 0.15) is 19.8 Å². The van der Waals surface area contributed by atoms with Gasteiger partial charge in [0.15, 0.2) is 0 Å². The van der Waals surface area contributed by atoms with Crippen LogP contribution in [0.15, 0.2) is 24.3 Å². The number of epoxide rings is 1. The van der Waals surface area contributed by atoms with E-state index >= 15 is 0 Å². The van der Waals surface area contributed by atoms with Gasteiger partial charge in [0.05, 0.1) is 6.61 Å². The number of rotatable bonds is 8. The molecule has 2 aliphatic rings. The Morgan fingerprint density at radius 3 is 2.42 bits per heavy atom. The molecule has 4 heteroatoms. The molecule has 104 valence electrons. The van der Waals surface area contributed by atoms with Crippen LogP contribution in [-0.4, -0.2) is 32.2 Å². The second-order valence-corrected chi connectivity index (χ2v) is 5.17. The fourth-order valence-corrected chi connectivity index (χ4v) is 1.79. The van der Waals surface area contributed by atoms with Gasteiger partial charge in [-0.1, -0.05) is 0 Å². The van der Waals surface area contributed by atoms with Crippen molar-refractivity contribution in [2.24, 2.45) is 5.92 Å². The first-order valence-electron chi connectivity index (χ1n) is 6.94. The van der Waals surface area contributed by atoms with Crippen molar-refractivity contribution in [2.45, 2.75) is 32.2 Å². The summed E-state index contributed by atoms with van der Waals surface area (Å²) in [6.45, 7) is 4.12. The van der Waals surface area contributed by atoms with E-state index in [1.165, 1.54) is 12.8 Å². The molecular weight excluding hydrogens is 244 g/mol. The zero-order valence-electron chi connectivity index (χ0n) is 11.2. The van der Waals surface area contributed by atoms with Gasteiger partial charge in [0.1, 0.15) is 24.2 Å². The Hall–Kier alpha value is -1.26. The van der Waals surface area contributed by atoms with Gasteiger partial charge < -0.3 is 18.9 Å². The highest BCUT2D eigenvalue weighted by molar-refractivity contribution is 5.31. The Labute approximate surface area is 113 Å². The molecule has 1 aliphatic carbocycles. The minimum atomic E-state index is -0.0809. The van der Waals surface area contributed by atoms with Crippen molar-refractivity contribution in [3.63, 3.8) is 0 Å². The summed E-state index contributed by atoms with van der Waals surface area (Å²) in [6.07, 6.45) is 2.78. The van der Waals surface area contributed by atoms with Gasteiger partial charge in [-0.25, -0.2) is 0 Å². The second-order valence-electron chi connectivity index (χ2n) is 5.17. The van der Waals surface area contributed by atoms with Crippen LogP contribution in [0.5, 0.6) is 11.5 Å². The fraction of sp³-hybridized carbons (Fsp3) is 0.600. The Morgan fingerprint density at radius 2 is 1.79 bits per heavy atom. The van der Waals surface area contributed by atoms with E-state index in [-0.39, 0.29) is 12.4 Å². The standard InChI is InChI=1S/C15H20O4/c1-11-15(18-11)19-14-6-4-13(5-7-14)17-9-8-16-10-12-2-3-12/h4-7,11-12,15H,2-3,8-10H2,1H3. The monoisotopic (exact) mass is 264 g/mol. The molecule has 4 nitrogen and oxygen atoms in total. The van der Waals surface area contributed by atoms with Gasteiger partial charge in [-0.3, -0.25) is 0 Å². The summed E-state index contributed by atoms with van der Waals surface area (Å²) < 4.78 is 21.9. The Balaban J connectivity index is 1.33. The normalized spacial score (nSPS) is 25.1. The van der Waals surface area contributed by atoms with Gasteiger partial charge in [0, 0.05) is 6.61 Å². The molecule has 1 saturated heterocycles. The van der Waals surface area contributed by atoms with E-state index in [0.717, 1.165) is 24.0 Å². The summed E-state index contributed by atoms with van der Waals surface area (Å²) >= 11 is 0. The topological polar surface area (TPSA) is 40.2 Å². The van der Waals surface area contributed by atoms with Crippen LogP contribution in [0.2, 0.25) is 0 Å². The largest absolute Gasteiger partial charge is 0.491 e. The molecular formula is C15H20O4. The van der Waals surface area contributed by atoms with Crippen molar-refractivity contribution in [2.75, 3.05) is 19.8 Å². The van der Waals surface area contributed by atoms with Crippen LogP contribution >= 0.6 is 0 Å². The van der Waals surface area contributed by atoms with Crippen LogP contribution in [-0.2, 0) is 9.47 Å². The van der Waals surface area contributed by atoms with E-state index in [9.17, 15) is 0 Å². The molecule has 1 heterocycles. The van der Waals surface area contributed by atoms with Crippen molar-refractivity contribution in [3.05, 3.63) is 24.3 Å². The number of benzene rings is 1. The van der Waals surface area contributed by atoms with Gasteiger partial charge >= 0.3 is 0 Å². The smallest absolute Gasteiger partial charge is 0.226 e. The van der Waals surface area contributed by atoms with Gasteiger partial charge in [-0.2, -0.15) is 0 Å². The van der Waals surface area contributed by atoms with Crippen molar-refractivity contribution in [1.82, 2.24) is 0 Å². The minimum absolute atomic E-state index is 0.0809. The Bertz CT molecular complexity index is 399. The molecule has 0 spiro atoms. The van der Waals surface area contributed by atoms with Crippen LogP contribution < -0.4 is 9.47 Å². The molecule has 1 aromatic rings. The molecule has 1 aromatic carbocycles.